The molecule has 2 aromatic carbocycles. The highest BCUT2D eigenvalue weighted by Gasteiger charge is 2.30. The van der Waals surface area contributed by atoms with Gasteiger partial charge in [-0.15, -0.1) is 0 Å². The first-order valence-corrected chi connectivity index (χ1v) is 6.56. The number of rotatable bonds is 5. The maximum absolute atomic E-state index is 12.7. The van der Waals surface area contributed by atoms with Crippen LogP contribution in [0.4, 0.5) is 22.0 Å². The Morgan fingerprint density at radius 1 is 1.04 bits per heavy atom. The molecule has 0 amide bonds. The summed E-state index contributed by atoms with van der Waals surface area (Å²) in [5.74, 6) is 0. The number of nitrogens with zero attached hydrogens (tertiary/aromatic N) is 1. The van der Waals surface area contributed by atoms with Crippen molar-refractivity contribution < 1.29 is 26.8 Å². The van der Waals surface area contributed by atoms with E-state index in [0.29, 0.717) is 0 Å². The van der Waals surface area contributed by atoms with Gasteiger partial charge in [0.05, 0.1) is 11.8 Å². The lowest BCUT2D eigenvalue weighted by atomic mass is 10.1. The Balaban J connectivity index is 2.00. The Labute approximate surface area is 129 Å². The molecule has 7 heteroatoms. The predicted octanol–water partition coefficient (Wildman–Crippen LogP) is 5.19. The number of benzene rings is 2. The first kappa shape index (κ1) is 16.9. The summed E-state index contributed by atoms with van der Waals surface area (Å²) in [5, 5.41) is 3.53. The maximum atomic E-state index is 12.7. The van der Waals surface area contributed by atoms with Crippen molar-refractivity contribution in [1.29, 1.82) is 0 Å². The molecule has 0 unspecified atom stereocenters. The van der Waals surface area contributed by atoms with Crippen LogP contribution in [-0.2, 0) is 17.6 Å². The Kier molecular flexibility index (Phi) is 5.31. The molecule has 0 aliphatic rings. The highest BCUT2D eigenvalue weighted by atomic mass is 19.4. The largest absolute Gasteiger partial charge is 0.416 e. The van der Waals surface area contributed by atoms with E-state index in [1.807, 2.05) is 0 Å². The van der Waals surface area contributed by atoms with Crippen LogP contribution in [-0.4, -0.2) is 6.21 Å². The number of hydrogen-bond donors (Lipinski definition) is 0. The number of oxime groups is 1. The molecule has 0 aliphatic heterocycles. The summed E-state index contributed by atoms with van der Waals surface area (Å²) < 4.78 is 63.2. The zero-order valence-electron chi connectivity index (χ0n) is 11.7. The summed E-state index contributed by atoms with van der Waals surface area (Å²) in [6.07, 6.45) is -5.98. The molecule has 2 rings (SSSR count). The zero-order valence-corrected chi connectivity index (χ0v) is 11.7. The molecule has 122 valence electrons. The number of alkyl halides is 5. The van der Waals surface area contributed by atoms with Gasteiger partial charge in [0.15, 0.2) is 0 Å². The third kappa shape index (κ3) is 4.77. The Morgan fingerprint density at radius 3 is 2.48 bits per heavy atom. The Hall–Kier alpha value is -2.44. The van der Waals surface area contributed by atoms with Crippen LogP contribution < -0.4 is 0 Å². The summed E-state index contributed by atoms with van der Waals surface area (Å²) in [7, 11) is 0. The average molecular weight is 329 g/mol. The fourth-order valence-electron chi connectivity index (χ4n) is 1.87. The standard InChI is InChI=1S/C16H12F5NO/c17-15(18)14-7-2-1-5-12(14)9-22-23-10-11-4-3-6-13(8-11)16(19,20)21/h1-9,15H,10H2. The van der Waals surface area contributed by atoms with Crippen LogP contribution in [0.3, 0.4) is 0 Å². The van der Waals surface area contributed by atoms with Gasteiger partial charge < -0.3 is 4.84 Å². The molecule has 0 fully saturated rings. The minimum absolute atomic E-state index is 0.187. The van der Waals surface area contributed by atoms with Crippen LogP contribution in [0.25, 0.3) is 0 Å². The summed E-state index contributed by atoms with van der Waals surface area (Å²) in [4.78, 5) is 4.88. The molecule has 0 bridgehead atoms. The van der Waals surface area contributed by atoms with Crippen LogP contribution in [0.2, 0.25) is 0 Å². The second-order valence-corrected chi connectivity index (χ2v) is 4.64. The van der Waals surface area contributed by atoms with Gasteiger partial charge in [-0.25, -0.2) is 8.78 Å². The van der Waals surface area contributed by atoms with Gasteiger partial charge in [-0.2, -0.15) is 13.2 Å². The highest BCUT2D eigenvalue weighted by Crippen LogP contribution is 2.29. The number of hydrogen-bond acceptors (Lipinski definition) is 2. The van der Waals surface area contributed by atoms with Gasteiger partial charge in [-0.1, -0.05) is 41.6 Å². The molecule has 0 saturated carbocycles. The third-order valence-electron chi connectivity index (χ3n) is 2.98. The average Bonchev–Trinajstić information content (AvgIpc) is 2.51. The van der Waals surface area contributed by atoms with Crippen LogP contribution in [0.15, 0.2) is 53.7 Å². The van der Waals surface area contributed by atoms with E-state index in [1.54, 1.807) is 6.07 Å². The van der Waals surface area contributed by atoms with E-state index < -0.39 is 18.2 Å². The lowest BCUT2D eigenvalue weighted by Crippen LogP contribution is -2.05. The quantitative estimate of drug-likeness (QED) is 0.420. The SMILES string of the molecule is FC(F)c1ccccc1C=NOCc1cccc(C(F)(F)F)c1. The molecule has 0 atom stereocenters. The lowest BCUT2D eigenvalue weighted by Gasteiger charge is -2.08. The van der Waals surface area contributed by atoms with Crippen molar-refractivity contribution in [2.75, 3.05) is 0 Å². The summed E-state index contributed by atoms with van der Waals surface area (Å²) in [6.45, 7) is -0.197. The smallest absolute Gasteiger partial charge is 0.391 e. The molecular formula is C16H12F5NO. The molecule has 0 N–H and O–H groups in total. The molecule has 0 saturated heterocycles. The van der Waals surface area contributed by atoms with Crippen LogP contribution in [0.1, 0.15) is 28.7 Å². The highest BCUT2D eigenvalue weighted by molar-refractivity contribution is 5.81. The fourth-order valence-corrected chi connectivity index (χ4v) is 1.87. The van der Waals surface area contributed by atoms with Crippen molar-refractivity contribution in [3.63, 3.8) is 0 Å². The molecular weight excluding hydrogens is 317 g/mol. The first-order chi connectivity index (χ1) is 10.9. The van der Waals surface area contributed by atoms with E-state index in [4.69, 9.17) is 4.84 Å². The van der Waals surface area contributed by atoms with E-state index in [-0.39, 0.29) is 23.3 Å². The Bertz CT molecular complexity index is 682. The second kappa shape index (κ2) is 7.21. The van der Waals surface area contributed by atoms with Crippen LogP contribution in [0, 0.1) is 0 Å². The molecule has 2 aromatic rings. The van der Waals surface area contributed by atoms with Gasteiger partial charge in [0.25, 0.3) is 6.43 Å². The van der Waals surface area contributed by atoms with E-state index in [9.17, 15) is 22.0 Å². The topological polar surface area (TPSA) is 21.6 Å². The zero-order chi connectivity index (χ0) is 16.9. The number of halogens is 5. The van der Waals surface area contributed by atoms with Gasteiger partial charge in [-0.3, -0.25) is 0 Å². The molecule has 0 aliphatic carbocycles. The van der Waals surface area contributed by atoms with Crippen LogP contribution >= 0.6 is 0 Å². The van der Waals surface area contributed by atoms with Crippen molar-refractivity contribution in [1.82, 2.24) is 0 Å². The molecule has 0 radical (unpaired) electrons. The molecule has 23 heavy (non-hydrogen) atoms. The van der Waals surface area contributed by atoms with E-state index in [2.05, 4.69) is 5.16 Å². The van der Waals surface area contributed by atoms with Gasteiger partial charge in [0, 0.05) is 11.1 Å². The monoisotopic (exact) mass is 329 g/mol. The predicted molar refractivity (Wildman–Crippen MR) is 75.2 cm³/mol. The lowest BCUT2D eigenvalue weighted by molar-refractivity contribution is -0.137. The van der Waals surface area contributed by atoms with Gasteiger partial charge in [0.1, 0.15) is 6.61 Å². The van der Waals surface area contributed by atoms with Crippen molar-refractivity contribution >= 4 is 6.21 Å². The Morgan fingerprint density at radius 2 is 1.78 bits per heavy atom. The summed E-state index contributed by atoms with van der Waals surface area (Å²) >= 11 is 0. The first-order valence-electron chi connectivity index (χ1n) is 6.56. The summed E-state index contributed by atoms with van der Waals surface area (Å²) in [5.41, 5.74) is -0.518. The van der Waals surface area contributed by atoms with Crippen molar-refractivity contribution in [3.05, 3.63) is 70.8 Å². The second-order valence-electron chi connectivity index (χ2n) is 4.64. The van der Waals surface area contributed by atoms with E-state index in [0.717, 1.165) is 18.3 Å². The van der Waals surface area contributed by atoms with Gasteiger partial charge >= 0.3 is 6.18 Å². The molecule has 0 heterocycles. The van der Waals surface area contributed by atoms with Gasteiger partial charge in [-0.05, 0) is 17.7 Å². The minimum Gasteiger partial charge on any atom is -0.391 e. The molecule has 0 spiro atoms. The van der Waals surface area contributed by atoms with Crippen molar-refractivity contribution in [2.24, 2.45) is 5.16 Å². The molecule has 2 nitrogen and oxygen atoms in total. The molecule has 0 aromatic heterocycles. The van der Waals surface area contributed by atoms with E-state index >= 15 is 0 Å². The fraction of sp³-hybridized carbons (Fsp3) is 0.188. The van der Waals surface area contributed by atoms with E-state index in [1.165, 1.54) is 30.3 Å². The van der Waals surface area contributed by atoms with Crippen LogP contribution in [0.5, 0.6) is 0 Å². The maximum Gasteiger partial charge on any atom is 0.416 e. The summed E-state index contributed by atoms with van der Waals surface area (Å²) in [6, 6.07) is 10.4. The minimum atomic E-state index is -4.44. The normalized spacial score (nSPS) is 12.1. The van der Waals surface area contributed by atoms with Crippen molar-refractivity contribution in [2.45, 2.75) is 19.2 Å². The van der Waals surface area contributed by atoms with Crippen molar-refractivity contribution in [3.8, 4) is 0 Å². The van der Waals surface area contributed by atoms with Gasteiger partial charge in [0.2, 0.25) is 0 Å². The third-order valence-corrected chi connectivity index (χ3v) is 2.98.